The summed E-state index contributed by atoms with van der Waals surface area (Å²) in [7, 11) is 0. The molecule has 1 atom stereocenters. The molecule has 1 unspecified atom stereocenters. The van der Waals surface area contributed by atoms with E-state index in [0.29, 0.717) is 6.04 Å². The molecule has 0 spiro atoms. The third-order valence-corrected chi connectivity index (χ3v) is 4.57. The van der Waals surface area contributed by atoms with Crippen LogP contribution in [0.15, 0.2) is 12.1 Å². The molecule has 1 nitrogen and oxygen atoms in total. The standard InChI is InChI=1S/C19H32ClN/c1-5-7-8-9-10-11-19(21-12-6-2)17-13-16(4)18(20)14-15(17)3/h13-14,19,21H,5-12H2,1-4H3. The van der Waals surface area contributed by atoms with E-state index in [1.54, 1.807) is 0 Å². The van der Waals surface area contributed by atoms with E-state index in [0.717, 1.165) is 11.6 Å². The smallest absolute Gasteiger partial charge is 0.0438 e. The van der Waals surface area contributed by atoms with Crippen molar-refractivity contribution in [1.82, 2.24) is 5.32 Å². The number of unbranched alkanes of at least 4 members (excludes halogenated alkanes) is 4. The quantitative estimate of drug-likeness (QED) is 0.496. The molecule has 0 aromatic heterocycles. The molecule has 0 aliphatic heterocycles. The fraction of sp³-hybridized carbons (Fsp3) is 0.684. The predicted octanol–water partition coefficient (Wildman–Crippen LogP) is 6.36. The lowest BCUT2D eigenvalue weighted by atomic mass is 9.94. The van der Waals surface area contributed by atoms with Gasteiger partial charge in [-0.25, -0.2) is 0 Å². The highest BCUT2D eigenvalue weighted by atomic mass is 35.5. The number of nitrogens with one attached hydrogen (secondary N) is 1. The number of halogens is 1. The van der Waals surface area contributed by atoms with Crippen molar-refractivity contribution in [1.29, 1.82) is 0 Å². The number of rotatable bonds is 10. The number of hydrogen-bond acceptors (Lipinski definition) is 1. The van der Waals surface area contributed by atoms with Gasteiger partial charge in [-0.05, 0) is 56.0 Å². The first kappa shape index (κ1) is 18.5. The predicted molar refractivity (Wildman–Crippen MR) is 95.3 cm³/mol. The third-order valence-electron chi connectivity index (χ3n) is 4.16. The Morgan fingerprint density at radius 3 is 2.33 bits per heavy atom. The molecule has 1 aromatic carbocycles. The molecular weight excluding hydrogens is 278 g/mol. The van der Waals surface area contributed by atoms with Gasteiger partial charge in [0.05, 0.1) is 0 Å². The summed E-state index contributed by atoms with van der Waals surface area (Å²) in [6.07, 6.45) is 9.12. The Morgan fingerprint density at radius 1 is 0.952 bits per heavy atom. The molecule has 0 aliphatic carbocycles. The largest absolute Gasteiger partial charge is 0.310 e. The molecule has 120 valence electrons. The summed E-state index contributed by atoms with van der Waals surface area (Å²) in [4.78, 5) is 0. The summed E-state index contributed by atoms with van der Waals surface area (Å²) in [5.41, 5.74) is 3.93. The van der Waals surface area contributed by atoms with Crippen LogP contribution in [0.25, 0.3) is 0 Å². The Balaban J connectivity index is 2.70. The van der Waals surface area contributed by atoms with Crippen molar-refractivity contribution in [2.24, 2.45) is 0 Å². The van der Waals surface area contributed by atoms with Gasteiger partial charge in [0.15, 0.2) is 0 Å². The zero-order chi connectivity index (χ0) is 15.7. The third kappa shape index (κ3) is 6.40. The van der Waals surface area contributed by atoms with Crippen molar-refractivity contribution in [3.8, 4) is 0 Å². The SMILES string of the molecule is CCCCCCCC(NCCC)c1cc(C)c(Cl)cc1C. The Morgan fingerprint density at radius 2 is 1.67 bits per heavy atom. The molecule has 1 aromatic rings. The van der Waals surface area contributed by atoms with Crippen LogP contribution in [-0.2, 0) is 0 Å². The van der Waals surface area contributed by atoms with Gasteiger partial charge < -0.3 is 5.32 Å². The van der Waals surface area contributed by atoms with Gasteiger partial charge in [0.25, 0.3) is 0 Å². The number of benzene rings is 1. The van der Waals surface area contributed by atoms with Gasteiger partial charge in [-0.15, -0.1) is 0 Å². The second-order valence-electron chi connectivity index (χ2n) is 6.17. The minimum atomic E-state index is 0.475. The van der Waals surface area contributed by atoms with Crippen molar-refractivity contribution in [3.05, 3.63) is 33.8 Å². The summed E-state index contributed by atoms with van der Waals surface area (Å²) in [6, 6.07) is 4.86. The van der Waals surface area contributed by atoms with Crippen LogP contribution < -0.4 is 5.32 Å². The minimum absolute atomic E-state index is 0.475. The Hall–Kier alpha value is -0.530. The lowest BCUT2D eigenvalue weighted by molar-refractivity contribution is 0.466. The molecular formula is C19H32ClN. The molecule has 0 saturated heterocycles. The van der Waals surface area contributed by atoms with Crippen LogP contribution >= 0.6 is 11.6 Å². The van der Waals surface area contributed by atoms with E-state index in [2.05, 4.69) is 45.1 Å². The van der Waals surface area contributed by atoms with E-state index < -0.39 is 0 Å². The highest BCUT2D eigenvalue weighted by Crippen LogP contribution is 2.28. The molecule has 0 amide bonds. The van der Waals surface area contributed by atoms with E-state index in [-0.39, 0.29) is 0 Å². The zero-order valence-corrected chi connectivity index (χ0v) is 15.0. The van der Waals surface area contributed by atoms with Gasteiger partial charge in [0, 0.05) is 11.1 Å². The first-order chi connectivity index (χ1) is 10.1. The van der Waals surface area contributed by atoms with Crippen LogP contribution in [0, 0.1) is 13.8 Å². The highest BCUT2D eigenvalue weighted by molar-refractivity contribution is 6.31. The molecule has 0 bridgehead atoms. The average Bonchev–Trinajstić information content (AvgIpc) is 2.46. The van der Waals surface area contributed by atoms with Crippen LogP contribution in [0.1, 0.15) is 81.5 Å². The van der Waals surface area contributed by atoms with E-state index in [1.807, 2.05) is 0 Å². The monoisotopic (exact) mass is 309 g/mol. The summed E-state index contributed by atoms with van der Waals surface area (Å²) >= 11 is 6.24. The van der Waals surface area contributed by atoms with Gasteiger partial charge in [-0.3, -0.25) is 0 Å². The molecule has 0 radical (unpaired) electrons. The second-order valence-corrected chi connectivity index (χ2v) is 6.57. The van der Waals surface area contributed by atoms with Crippen molar-refractivity contribution in [2.45, 2.75) is 78.7 Å². The average molecular weight is 310 g/mol. The van der Waals surface area contributed by atoms with Gasteiger partial charge in [-0.2, -0.15) is 0 Å². The zero-order valence-electron chi connectivity index (χ0n) is 14.3. The summed E-state index contributed by atoms with van der Waals surface area (Å²) in [5, 5.41) is 4.60. The van der Waals surface area contributed by atoms with Crippen LogP contribution in [0.5, 0.6) is 0 Å². The molecule has 0 aliphatic rings. The van der Waals surface area contributed by atoms with Crippen molar-refractivity contribution >= 4 is 11.6 Å². The molecule has 1 rings (SSSR count). The van der Waals surface area contributed by atoms with Gasteiger partial charge in [0.1, 0.15) is 0 Å². The maximum absolute atomic E-state index is 6.24. The van der Waals surface area contributed by atoms with Crippen LogP contribution in [0.4, 0.5) is 0 Å². The molecule has 1 N–H and O–H groups in total. The van der Waals surface area contributed by atoms with Crippen LogP contribution in [0.3, 0.4) is 0 Å². The number of hydrogen-bond donors (Lipinski definition) is 1. The lowest BCUT2D eigenvalue weighted by Crippen LogP contribution is -2.23. The van der Waals surface area contributed by atoms with Crippen molar-refractivity contribution < 1.29 is 0 Å². The molecule has 0 heterocycles. The topological polar surface area (TPSA) is 12.0 Å². The highest BCUT2D eigenvalue weighted by Gasteiger charge is 2.14. The maximum Gasteiger partial charge on any atom is 0.0438 e. The summed E-state index contributed by atoms with van der Waals surface area (Å²) < 4.78 is 0. The first-order valence-electron chi connectivity index (χ1n) is 8.60. The van der Waals surface area contributed by atoms with E-state index >= 15 is 0 Å². The Kier molecular flexibility index (Phi) is 9.03. The molecule has 21 heavy (non-hydrogen) atoms. The number of aryl methyl sites for hydroxylation is 2. The minimum Gasteiger partial charge on any atom is -0.310 e. The fourth-order valence-electron chi connectivity index (χ4n) is 2.82. The normalized spacial score (nSPS) is 12.6. The second kappa shape index (κ2) is 10.2. The van der Waals surface area contributed by atoms with Crippen molar-refractivity contribution in [3.63, 3.8) is 0 Å². The van der Waals surface area contributed by atoms with Gasteiger partial charge >= 0.3 is 0 Å². The lowest BCUT2D eigenvalue weighted by Gasteiger charge is -2.22. The Labute approximate surface area is 136 Å². The molecule has 0 saturated carbocycles. The summed E-state index contributed by atoms with van der Waals surface area (Å²) in [6.45, 7) is 9.86. The molecule has 0 fully saturated rings. The Bertz CT molecular complexity index is 414. The van der Waals surface area contributed by atoms with E-state index in [1.165, 1.54) is 61.6 Å². The molecule has 2 heteroatoms. The maximum atomic E-state index is 6.24. The summed E-state index contributed by atoms with van der Waals surface area (Å²) in [5.74, 6) is 0. The fourth-order valence-corrected chi connectivity index (χ4v) is 3.04. The van der Waals surface area contributed by atoms with Crippen molar-refractivity contribution in [2.75, 3.05) is 6.54 Å². The van der Waals surface area contributed by atoms with E-state index in [9.17, 15) is 0 Å². The van der Waals surface area contributed by atoms with E-state index in [4.69, 9.17) is 11.6 Å². The van der Waals surface area contributed by atoms with Gasteiger partial charge in [-0.1, -0.05) is 63.6 Å². The first-order valence-corrected chi connectivity index (χ1v) is 8.98. The van der Waals surface area contributed by atoms with Gasteiger partial charge in [0.2, 0.25) is 0 Å². The van der Waals surface area contributed by atoms with Crippen LogP contribution in [-0.4, -0.2) is 6.54 Å². The van der Waals surface area contributed by atoms with Crippen LogP contribution in [0.2, 0.25) is 5.02 Å².